The first kappa shape index (κ1) is 9.43. The molecule has 0 spiro atoms. The van der Waals surface area contributed by atoms with Gasteiger partial charge < -0.3 is 9.84 Å². The Morgan fingerprint density at radius 3 is 2.70 bits per heavy atom. The molecule has 0 bridgehead atoms. The Morgan fingerprint density at radius 1 is 1.70 bits per heavy atom. The molecule has 0 aromatic heterocycles. The fraction of sp³-hybridized carbons (Fsp3) is 0.857. The third-order valence-electron chi connectivity index (χ3n) is 1.19. The fourth-order valence-corrected chi connectivity index (χ4v) is 0.563. The predicted octanol–water partition coefficient (Wildman–Crippen LogP) is 0.568. The first-order valence-electron chi connectivity index (χ1n) is 3.41. The molecule has 1 atom stereocenters. The zero-order valence-corrected chi connectivity index (χ0v) is 6.46. The molecule has 10 heavy (non-hydrogen) atoms. The number of carbonyl (C=O) groups excluding carboxylic acids is 1. The Kier molecular flexibility index (Phi) is 4.94. The van der Waals surface area contributed by atoms with Crippen LogP contribution in [0.15, 0.2) is 0 Å². The van der Waals surface area contributed by atoms with E-state index in [0.717, 1.165) is 0 Å². The highest BCUT2D eigenvalue weighted by Gasteiger charge is 2.01. The molecule has 0 saturated heterocycles. The van der Waals surface area contributed by atoms with Gasteiger partial charge in [-0.3, -0.25) is 4.79 Å². The van der Waals surface area contributed by atoms with E-state index in [0.29, 0.717) is 13.0 Å². The fourth-order valence-electron chi connectivity index (χ4n) is 0.563. The van der Waals surface area contributed by atoms with Crippen molar-refractivity contribution in [2.45, 2.75) is 20.3 Å². The number of rotatable bonds is 4. The normalized spacial score (nSPS) is 12.7. The van der Waals surface area contributed by atoms with Crippen molar-refractivity contribution in [2.75, 3.05) is 13.2 Å². The van der Waals surface area contributed by atoms with Crippen LogP contribution in [0.2, 0.25) is 0 Å². The van der Waals surface area contributed by atoms with E-state index in [4.69, 9.17) is 9.84 Å². The van der Waals surface area contributed by atoms with Crippen LogP contribution < -0.4 is 0 Å². The lowest BCUT2D eigenvalue weighted by Gasteiger charge is -2.08. The molecule has 0 aromatic rings. The number of aliphatic hydroxyl groups excluding tert-OH is 1. The molecule has 0 aliphatic rings. The predicted molar refractivity (Wildman–Crippen MR) is 37.5 cm³/mol. The van der Waals surface area contributed by atoms with E-state index in [9.17, 15) is 4.79 Å². The lowest BCUT2D eigenvalue weighted by molar-refractivity contribution is -0.142. The van der Waals surface area contributed by atoms with Gasteiger partial charge in [-0.1, -0.05) is 6.92 Å². The van der Waals surface area contributed by atoms with Gasteiger partial charge in [0, 0.05) is 13.5 Å². The second-order valence-electron chi connectivity index (χ2n) is 2.42. The number of carbonyl (C=O) groups is 1. The summed E-state index contributed by atoms with van der Waals surface area (Å²) in [6.45, 7) is 3.88. The van der Waals surface area contributed by atoms with E-state index in [1.807, 2.05) is 6.92 Å². The number of aliphatic hydroxyl groups is 1. The largest absolute Gasteiger partial charge is 0.466 e. The summed E-state index contributed by atoms with van der Waals surface area (Å²) in [5.41, 5.74) is 0. The molecule has 0 heterocycles. The molecule has 0 saturated carbocycles. The van der Waals surface area contributed by atoms with Crippen LogP contribution in [0.25, 0.3) is 0 Å². The summed E-state index contributed by atoms with van der Waals surface area (Å²) in [6, 6.07) is 0. The lowest BCUT2D eigenvalue weighted by atomic mass is 10.1. The van der Waals surface area contributed by atoms with Crippen molar-refractivity contribution in [3.8, 4) is 0 Å². The minimum Gasteiger partial charge on any atom is -0.466 e. The first-order chi connectivity index (χ1) is 4.66. The van der Waals surface area contributed by atoms with Crippen molar-refractivity contribution in [3.05, 3.63) is 0 Å². The molecule has 3 heteroatoms. The van der Waals surface area contributed by atoms with Crippen LogP contribution in [0.3, 0.4) is 0 Å². The van der Waals surface area contributed by atoms with Crippen LogP contribution in [0.5, 0.6) is 0 Å². The summed E-state index contributed by atoms with van der Waals surface area (Å²) in [5.74, 6) is -0.00121. The molecule has 0 aliphatic carbocycles. The van der Waals surface area contributed by atoms with Gasteiger partial charge in [-0.05, 0) is 12.3 Å². The van der Waals surface area contributed by atoms with E-state index in [-0.39, 0.29) is 18.5 Å². The first-order valence-corrected chi connectivity index (χ1v) is 3.41. The summed E-state index contributed by atoms with van der Waals surface area (Å²) in [5, 5.41) is 8.46. The third-order valence-corrected chi connectivity index (χ3v) is 1.19. The number of hydrogen-bond acceptors (Lipinski definition) is 3. The molecule has 0 fully saturated rings. The average molecular weight is 146 g/mol. The monoisotopic (exact) mass is 146 g/mol. The van der Waals surface area contributed by atoms with E-state index in [2.05, 4.69) is 0 Å². The quantitative estimate of drug-likeness (QED) is 0.590. The second-order valence-corrected chi connectivity index (χ2v) is 2.42. The number of hydrogen-bond donors (Lipinski definition) is 1. The van der Waals surface area contributed by atoms with E-state index in [1.54, 1.807) is 0 Å². The summed E-state index contributed by atoms with van der Waals surface area (Å²) in [6.07, 6.45) is 0.688. The molecule has 0 unspecified atom stereocenters. The lowest BCUT2D eigenvalue weighted by Crippen LogP contribution is -2.10. The van der Waals surface area contributed by atoms with Gasteiger partial charge in [-0.15, -0.1) is 0 Å². The number of esters is 1. The highest BCUT2D eigenvalue weighted by atomic mass is 16.5. The van der Waals surface area contributed by atoms with Crippen molar-refractivity contribution in [3.63, 3.8) is 0 Å². The van der Waals surface area contributed by atoms with Crippen LogP contribution in [0.1, 0.15) is 20.3 Å². The molecule has 60 valence electrons. The van der Waals surface area contributed by atoms with Gasteiger partial charge in [0.1, 0.15) is 0 Å². The average Bonchev–Trinajstić information content (AvgIpc) is 1.85. The molecule has 3 nitrogen and oxygen atoms in total. The molecule has 0 aromatic carbocycles. The Labute approximate surface area is 61.0 Å². The maximum Gasteiger partial charge on any atom is 0.302 e. The maximum absolute atomic E-state index is 10.3. The molecule has 1 N–H and O–H groups in total. The van der Waals surface area contributed by atoms with Crippen molar-refractivity contribution < 1.29 is 14.6 Å². The summed E-state index contributed by atoms with van der Waals surface area (Å²) in [4.78, 5) is 10.3. The highest BCUT2D eigenvalue weighted by Crippen LogP contribution is 2.00. The van der Waals surface area contributed by atoms with Gasteiger partial charge >= 0.3 is 5.97 Å². The third kappa shape index (κ3) is 5.56. The maximum atomic E-state index is 10.3. The molecular formula is C7H14O3. The van der Waals surface area contributed by atoms with Crippen molar-refractivity contribution in [1.29, 1.82) is 0 Å². The van der Waals surface area contributed by atoms with Crippen molar-refractivity contribution >= 4 is 5.97 Å². The van der Waals surface area contributed by atoms with Crippen LogP contribution >= 0.6 is 0 Å². The number of ether oxygens (including phenoxy) is 1. The molecule has 0 radical (unpaired) electrons. The molecular weight excluding hydrogens is 132 g/mol. The van der Waals surface area contributed by atoms with Gasteiger partial charge in [-0.2, -0.15) is 0 Å². The molecule has 0 aliphatic heterocycles. The van der Waals surface area contributed by atoms with Gasteiger partial charge in [0.15, 0.2) is 0 Å². The van der Waals surface area contributed by atoms with Gasteiger partial charge in [0.25, 0.3) is 0 Å². The Morgan fingerprint density at radius 2 is 2.30 bits per heavy atom. The summed E-state index contributed by atoms with van der Waals surface area (Å²) >= 11 is 0. The van der Waals surface area contributed by atoms with Gasteiger partial charge in [-0.25, -0.2) is 0 Å². The zero-order valence-electron chi connectivity index (χ0n) is 6.46. The van der Waals surface area contributed by atoms with Gasteiger partial charge in [0.05, 0.1) is 6.61 Å². The summed E-state index contributed by atoms with van der Waals surface area (Å²) in [7, 11) is 0. The molecule has 0 rings (SSSR count). The zero-order chi connectivity index (χ0) is 7.98. The minimum absolute atomic E-state index is 0.155. The Bertz CT molecular complexity index is 101. The van der Waals surface area contributed by atoms with Crippen molar-refractivity contribution in [1.82, 2.24) is 0 Å². The second kappa shape index (κ2) is 5.23. The minimum atomic E-state index is -0.259. The molecule has 0 amide bonds. The van der Waals surface area contributed by atoms with Crippen LogP contribution in [-0.2, 0) is 9.53 Å². The highest BCUT2D eigenvalue weighted by molar-refractivity contribution is 5.65. The van der Waals surface area contributed by atoms with Crippen LogP contribution in [-0.4, -0.2) is 24.3 Å². The Balaban J connectivity index is 3.21. The standard InChI is InChI=1S/C7H14O3/c1-6(3-4-8)5-10-7(2)9/h6,8H,3-5H2,1-2H3/t6-/m1/s1. The topological polar surface area (TPSA) is 46.5 Å². The SMILES string of the molecule is CC(=O)OC[C@H](C)CCO. The van der Waals surface area contributed by atoms with E-state index < -0.39 is 0 Å². The van der Waals surface area contributed by atoms with Crippen LogP contribution in [0, 0.1) is 5.92 Å². The van der Waals surface area contributed by atoms with E-state index >= 15 is 0 Å². The van der Waals surface area contributed by atoms with Gasteiger partial charge in [0.2, 0.25) is 0 Å². The van der Waals surface area contributed by atoms with Crippen LogP contribution in [0.4, 0.5) is 0 Å². The Hall–Kier alpha value is -0.570. The van der Waals surface area contributed by atoms with E-state index in [1.165, 1.54) is 6.92 Å². The van der Waals surface area contributed by atoms with Crippen molar-refractivity contribution in [2.24, 2.45) is 5.92 Å². The summed E-state index contributed by atoms with van der Waals surface area (Å²) < 4.78 is 4.71. The smallest absolute Gasteiger partial charge is 0.302 e.